The van der Waals surface area contributed by atoms with Crippen molar-refractivity contribution in [2.45, 2.75) is 32.4 Å². The third kappa shape index (κ3) is 5.75. The van der Waals surface area contributed by atoms with E-state index in [1.165, 1.54) is 26.8 Å². The Balaban J connectivity index is 2.58. The second kappa shape index (κ2) is 8.14. The van der Waals surface area contributed by atoms with Crippen LogP contribution in [0.1, 0.15) is 26.3 Å². The summed E-state index contributed by atoms with van der Waals surface area (Å²) in [7, 11) is 1.57. The molecule has 3 N–H and O–H groups in total. The Bertz CT molecular complexity index is 635. The lowest BCUT2D eigenvalue weighted by Crippen LogP contribution is -2.55. The Hall–Kier alpha value is -2.83. The van der Waals surface area contributed by atoms with Gasteiger partial charge in [0, 0.05) is 6.08 Å². The molecule has 1 rings (SSSR count). The summed E-state index contributed by atoms with van der Waals surface area (Å²) in [6, 6.07) is 6.24. The normalized spacial score (nSPS) is 12.5. The fourth-order valence-corrected chi connectivity index (χ4v) is 1.68. The van der Waals surface area contributed by atoms with Gasteiger partial charge in [0.1, 0.15) is 17.3 Å². The Labute approximate surface area is 140 Å². The summed E-state index contributed by atoms with van der Waals surface area (Å²) in [5, 5.41) is 13.8. The molecule has 0 radical (unpaired) electrons. The molecule has 0 bridgehead atoms. The molecule has 0 aliphatic rings. The molecule has 0 saturated heterocycles. The number of carbonyl (C=O) groups is 3. The summed E-state index contributed by atoms with van der Waals surface area (Å²) in [4.78, 5) is 34.7. The SMILES string of the molecule is COc1ccc(/C=C/C(=O)NC(C)C(=O)NC(C)(C)C(=O)O)cc1. The Kier molecular flexibility index (Phi) is 6.52. The molecule has 0 fully saturated rings. The van der Waals surface area contributed by atoms with Crippen molar-refractivity contribution in [1.82, 2.24) is 10.6 Å². The molecule has 0 saturated carbocycles. The van der Waals surface area contributed by atoms with Crippen LogP contribution in [0, 0.1) is 0 Å². The van der Waals surface area contributed by atoms with Crippen molar-refractivity contribution in [3.63, 3.8) is 0 Å². The van der Waals surface area contributed by atoms with Gasteiger partial charge in [0.25, 0.3) is 0 Å². The van der Waals surface area contributed by atoms with Gasteiger partial charge in [-0.05, 0) is 44.5 Å². The van der Waals surface area contributed by atoms with Gasteiger partial charge in [-0.1, -0.05) is 12.1 Å². The maximum absolute atomic E-state index is 11.9. The van der Waals surface area contributed by atoms with Gasteiger partial charge in [0.15, 0.2) is 0 Å². The number of amides is 2. The zero-order valence-electron chi connectivity index (χ0n) is 14.1. The summed E-state index contributed by atoms with van der Waals surface area (Å²) >= 11 is 0. The Morgan fingerprint density at radius 3 is 2.29 bits per heavy atom. The van der Waals surface area contributed by atoms with Gasteiger partial charge in [-0.25, -0.2) is 4.79 Å². The van der Waals surface area contributed by atoms with Gasteiger partial charge < -0.3 is 20.5 Å². The summed E-state index contributed by atoms with van der Waals surface area (Å²) in [6.45, 7) is 4.21. The highest BCUT2D eigenvalue weighted by Gasteiger charge is 2.30. The van der Waals surface area contributed by atoms with Crippen LogP contribution < -0.4 is 15.4 Å². The van der Waals surface area contributed by atoms with Crippen LogP contribution in [0.3, 0.4) is 0 Å². The monoisotopic (exact) mass is 334 g/mol. The Morgan fingerprint density at radius 2 is 1.79 bits per heavy atom. The van der Waals surface area contributed by atoms with Crippen LogP contribution in [0.2, 0.25) is 0 Å². The van der Waals surface area contributed by atoms with E-state index >= 15 is 0 Å². The number of rotatable bonds is 7. The first-order valence-electron chi connectivity index (χ1n) is 7.34. The number of ether oxygens (including phenoxy) is 1. The number of carboxylic acids is 1. The molecule has 0 aliphatic carbocycles. The van der Waals surface area contributed by atoms with Gasteiger partial charge in [0.05, 0.1) is 7.11 Å². The number of methoxy groups -OCH3 is 1. The van der Waals surface area contributed by atoms with E-state index in [1.54, 1.807) is 37.5 Å². The first-order valence-corrected chi connectivity index (χ1v) is 7.34. The largest absolute Gasteiger partial charge is 0.497 e. The maximum Gasteiger partial charge on any atom is 0.328 e. The van der Waals surface area contributed by atoms with Gasteiger partial charge in [0.2, 0.25) is 11.8 Å². The van der Waals surface area contributed by atoms with Crippen LogP contribution in [-0.2, 0) is 14.4 Å². The van der Waals surface area contributed by atoms with E-state index in [1.807, 2.05) is 0 Å². The summed E-state index contributed by atoms with van der Waals surface area (Å²) in [6.07, 6.45) is 2.90. The quantitative estimate of drug-likeness (QED) is 0.650. The van der Waals surface area contributed by atoms with Crippen molar-refractivity contribution in [2.24, 2.45) is 0 Å². The zero-order valence-corrected chi connectivity index (χ0v) is 14.1. The highest BCUT2D eigenvalue weighted by Crippen LogP contribution is 2.12. The number of carbonyl (C=O) groups excluding carboxylic acids is 2. The second-order valence-corrected chi connectivity index (χ2v) is 5.76. The number of hydrogen-bond acceptors (Lipinski definition) is 4. The van der Waals surface area contributed by atoms with Crippen molar-refractivity contribution in [3.05, 3.63) is 35.9 Å². The molecule has 1 aromatic carbocycles. The topological polar surface area (TPSA) is 105 Å². The molecule has 7 nitrogen and oxygen atoms in total. The molecular formula is C17H22N2O5. The summed E-state index contributed by atoms with van der Waals surface area (Å²) in [5.74, 6) is -1.48. The van der Waals surface area contributed by atoms with Crippen molar-refractivity contribution >= 4 is 23.9 Å². The van der Waals surface area contributed by atoms with Crippen LogP contribution in [0.15, 0.2) is 30.3 Å². The lowest BCUT2D eigenvalue weighted by Gasteiger charge is -2.23. The van der Waals surface area contributed by atoms with Crippen LogP contribution in [0.25, 0.3) is 6.08 Å². The minimum absolute atomic E-state index is 0.457. The molecule has 1 atom stereocenters. The van der Waals surface area contributed by atoms with E-state index < -0.39 is 29.4 Å². The molecule has 24 heavy (non-hydrogen) atoms. The average Bonchev–Trinajstić information content (AvgIpc) is 2.52. The van der Waals surface area contributed by atoms with E-state index in [-0.39, 0.29) is 0 Å². The third-order valence-corrected chi connectivity index (χ3v) is 3.27. The number of carboxylic acid groups (broad SMARTS) is 1. The molecule has 0 spiro atoms. The van der Waals surface area contributed by atoms with Gasteiger partial charge >= 0.3 is 5.97 Å². The number of aliphatic carboxylic acids is 1. The maximum atomic E-state index is 11.9. The Morgan fingerprint density at radius 1 is 1.21 bits per heavy atom. The number of hydrogen-bond donors (Lipinski definition) is 3. The fourth-order valence-electron chi connectivity index (χ4n) is 1.68. The minimum atomic E-state index is -1.41. The fraction of sp³-hybridized carbons (Fsp3) is 0.353. The zero-order chi connectivity index (χ0) is 18.3. The molecule has 0 aliphatic heterocycles. The highest BCUT2D eigenvalue weighted by atomic mass is 16.5. The highest BCUT2D eigenvalue weighted by molar-refractivity contribution is 5.96. The third-order valence-electron chi connectivity index (χ3n) is 3.27. The van der Waals surface area contributed by atoms with E-state index in [0.29, 0.717) is 5.75 Å². The lowest BCUT2D eigenvalue weighted by molar-refractivity contribution is -0.146. The van der Waals surface area contributed by atoms with Crippen LogP contribution in [-0.4, -0.2) is 41.6 Å². The standard InChI is InChI=1S/C17H22N2O5/c1-11(15(21)19-17(2,3)16(22)23)18-14(20)10-7-12-5-8-13(24-4)9-6-12/h5-11H,1-4H3,(H,18,20)(H,19,21)(H,22,23)/b10-7+. The predicted octanol–water partition coefficient (Wildman–Crippen LogP) is 1.19. The van der Waals surface area contributed by atoms with Gasteiger partial charge in [-0.15, -0.1) is 0 Å². The van der Waals surface area contributed by atoms with Crippen LogP contribution >= 0.6 is 0 Å². The first-order chi connectivity index (χ1) is 11.2. The average molecular weight is 334 g/mol. The van der Waals surface area contributed by atoms with Crippen molar-refractivity contribution in [3.8, 4) is 5.75 Å². The van der Waals surface area contributed by atoms with Crippen LogP contribution in [0.5, 0.6) is 5.75 Å². The summed E-state index contributed by atoms with van der Waals surface area (Å²) < 4.78 is 5.04. The smallest absolute Gasteiger partial charge is 0.328 e. The van der Waals surface area contributed by atoms with Crippen molar-refractivity contribution in [1.29, 1.82) is 0 Å². The van der Waals surface area contributed by atoms with Crippen molar-refractivity contribution < 1.29 is 24.2 Å². The van der Waals surface area contributed by atoms with E-state index in [9.17, 15) is 14.4 Å². The van der Waals surface area contributed by atoms with Gasteiger partial charge in [-0.2, -0.15) is 0 Å². The molecule has 0 aromatic heterocycles. The first kappa shape index (κ1) is 19.2. The second-order valence-electron chi connectivity index (χ2n) is 5.76. The lowest BCUT2D eigenvalue weighted by atomic mass is 10.1. The molecule has 130 valence electrons. The predicted molar refractivity (Wildman–Crippen MR) is 89.5 cm³/mol. The minimum Gasteiger partial charge on any atom is -0.497 e. The molecule has 0 heterocycles. The molecule has 2 amide bonds. The molecule has 1 aromatic rings. The van der Waals surface area contributed by atoms with E-state index in [2.05, 4.69) is 10.6 Å². The van der Waals surface area contributed by atoms with Crippen LogP contribution in [0.4, 0.5) is 0 Å². The van der Waals surface area contributed by atoms with E-state index in [4.69, 9.17) is 9.84 Å². The van der Waals surface area contributed by atoms with Gasteiger partial charge in [-0.3, -0.25) is 9.59 Å². The molecular weight excluding hydrogens is 312 g/mol. The van der Waals surface area contributed by atoms with Crippen molar-refractivity contribution in [2.75, 3.05) is 7.11 Å². The van der Waals surface area contributed by atoms with E-state index in [0.717, 1.165) is 5.56 Å². The number of benzene rings is 1. The number of nitrogens with one attached hydrogen (secondary N) is 2. The summed E-state index contributed by atoms with van der Waals surface area (Å²) in [5.41, 5.74) is -0.607. The molecule has 7 heteroatoms. The molecule has 1 unspecified atom stereocenters.